The van der Waals surface area contributed by atoms with Gasteiger partial charge < -0.3 is 4.57 Å². The number of ketones is 1. The third-order valence-electron chi connectivity index (χ3n) is 3.86. The number of rotatable bonds is 6. The van der Waals surface area contributed by atoms with E-state index in [1.807, 2.05) is 42.6 Å². The minimum atomic E-state index is 0.0617. The number of Topliss-reactive ketones (excluding diaryl/α,β-unsaturated/α-hetero) is 1. The van der Waals surface area contributed by atoms with Crippen LogP contribution >= 0.6 is 0 Å². The molecule has 3 aromatic rings. The van der Waals surface area contributed by atoms with Crippen LogP contribution in [0.5, 0.6) is 0 Å². The molecule has 0 amide bonds. The second kappa shape index (κ2) is 6.77. The maximum absolute atomic E-state index is 12.0. The summed E-state index contributed by atoms with van der Waals surface area (Å²) in [4.78, 5) is 21.6. The van der Waals surface area contributed by atoms with Crippen LogP contribution in [0.2, 0.25) is 0 Å². The van der Waals surface area contributed by atoms with Crippen LogP contribution in [0.1, 0.15) is 28.4 Å². The van der Waals surface area contributed by atoms with Crippen LogP contribution in [0.15, 0.2) is 54.7 Å². The summed E-state index contributed by atoms with van der Waals surface area (Å²) in [6.07, 6.45) is 1.93. The normalized spacial score (nSPS) is 11.0. The highest BCUT2D eigenvalue weighted by molar-refractivity contribution is 6.07. The first kappa shape index (κ1) is 15.5. The zero-order valence-electron chi connectivity index (χ0n) is 13.3. The maximum Gasteiger partial charge on any atom is 0.161 e. The summed E-state index contributed by atoms with van der Waals surface area (Å²) in [5, 5.41) is 0.950. The van der Waals surface area contributed by atoms with Gasteiger partial charge in [0.2, 0.25) is 0 Å². The summed E-state index contributed by atoms with van der Waals surface area (Å²) in [6.45, 7) is 2.69. The molecule has 0 bridgehead atoms. The Morgan fingerprint density at radius 1 is 1.09 bits per heavy atom. The van der Waals surface area contributed by atoms with Crippen molar-refractivity contribution in [1.82, 2.24) is 4.57 Å². The zero-order valence-corrected chi connectivity index (χ0v) is 13.3. The minimum Gasteiger partial charge on any atom is -0.342 e. The van der Waals surface area contributed by atoms with Crippen molar-refractivity contribution in [2.24, 2.45) is 0 Å². The average Bonchev–Trinajstić information content (AvgIpc) is 2.92. The smallest absolute Gasteiger partial charge is 0.161 e. The van der Waals surface area contributed by atoms with Crippen molar-refractivity contribution in [3.63, 3.8) is 0 Å². The van der Waals surface area contributed by atoms with Gasteiger partial charge in [0.25, 0.3) is 0 Å². The van der Waals surface area contributed by atoms with Crippen molar-refractivity contribution in [2.75, 3.05) is 7.11 Å². The molecular weight excluding hydrogens is 290 g/mol. The highest BCUT2D eigenvalue weighted by Crippen LogP contribution is 2.25. The van der Waals surface area contributed by atoms with Crippen molar-refractivity contribution < 1.29 is 14.6 Å². The Labute approximate surface area is 135 Å². The Morgan fingerprint density at radius 2 is 1.87 bits per heavy atom. The summed E-state index contributed by atoms with van der Waals surface area (Å²) in [5.41, 5.74) is 3.95. The number of carbonyl (C=O) groups is 1. The van der Waals surface area contributed by atoms with E-state index >= 15 is 0 Å². The van der Waals surface area contributed by atoms with Crippen molar-refractivity contribution in [3.05, 3.63) is 71.4 Å². The van der Waals surface area contributed by atoms with Gasteiger partial charge in [-0.1, -0.05) is 36.4 Å². The molecule has 0 saturated carbocycles. The molecule has 1 aromatic heterocycles. The molecular formula is C19H19NO3. The van der Waals surface area contributed by atoms with Gasteiger partial charge >= 0.3 is 0 Å². The highest BCUT2D eigenvalue weighted by atomic mass is 17.2. The Morgan fingerprint density at radius 3 is 2.57 bits per heavy atom. The minimum absolute atomic E-state index is 0.0617. The van der Waals surface area contributed by atoms with E-state index in [1.54, 1.807) is 6.92 Å². The first-order valence-corrected chi connectivity index (χ1v) is 7.51. The molecule has 23 heavy (non-hydrogen) atoms. The number of benzene rings is 2. The van der Waals surface area contributed by atoms with Crippen molar-refractivity contribution in [2.45, 2.75) is 20.1 Å². The fourth-order valence-corrected chi connectivity index (χ4v) is 2.75. The molecule has 2 aromatic carbocycles. The number of hydrogen-bond donors (Lipinski definition) is 0. The molecule has 0 aliphatic carbocycles. The molecule has 0 spiro atoms. The van der Waals surface area contributed by atoms with Gasteiger partial charge in [-0.15, -0.1) is 0 Å². The Hall–Kier alpha value is -2.43. The SMILES string of the molecule is COOCc1ccc2c(c1)c(C(C)=O)cn2Cc1ccccc1. The molecule has 118 valence electrons. The van der Waals surface area contributed by atoms with Crippen LogP contribution in [0.3, 0.4) is 0 Å². The van der Waals surface area contributed by atoms with Crippen LogP contribution in [0.4, 0.5) is 0 Å². The van der Waals surface area contributed by atoms with Gasteiger partial charge in [-0.2, -0.15) is 0 Å². The van der Waals surface area contributed by atoms with Crippen LogP contribution in [0.25, 0.3) is 10.9 Å². The van der Waals surface area contributed by atoms with E-state index in [9.17, 15) is 4.79 Å². The zero-order chi connectivity index (χ0) is 16.2. The van der Waals surface area contributed by atoms with Crippen molar-refractivity contribution >= 4 is 16.7 Å². The lowest BCUT2D eigenvalue weighted by molar-refractivity contribution is -0.282. The molecule has 0 saturated heterocycles. The Kier molecular flexibility index (Phi) is 4.55. The predicted molar refractivity (Wildman–Crippen MR) is 89.3 cm³/mol. The lowest BCUT2D eigenvalue weighted by Gasteiger charge is -2.06. The van der Waals surface area contributed by atoms with Gasteiger partial charge in [0.05, 0.1) is 7.11 Å². The second-order valence-electron chi connectivity index (χ2n) is 5.49. The average molecular weight is 309 g/mol. The first-order chi connectivity index (χ1) is 11.2. The van der Waals surface area contributed by atoms with Gasteiger partial charge in [-0.25, -0.2) is 9.78 Å². The lowest BCUT2D eigenvalue weighted by atomic mass is 10.1. The van der Waals surface area contributed by atoms with Gasteiger partial charge in [0.1, 0.15) is 6.61 Å². The van der Waals surface area contributed by atoms with E-state index in [0.717, 1.165) is 28.6 Å². The monoisotopic (exact) mass is 309 g/mol. The molecule has 0 aliphatic heterocycles. The number of hydrogen-bond acceptors (Lipinski definition) is 3. The van der Waals surface area contributed by atoms with Gasteiger partial charge in [-0.3, -0.25) is 4.79 Å². The third kappa shape index (κ3) is 3.33. The molecule has 0 N–H and O–H groups in total. The molecule has 0 radical (unpaired) electrons. The fourth-order valence-electron chi connectivity index (χ4n) is 2.75. The summed E-state index contributed by atoms with van der Waals surface area (Å²) < 4.78 is 2.11. The molecule has 3 rings (SSSR count). The van der Waals surface area contributed by atoms with E-state index in [-0.39, 0.29) is 5.78 Å². The summed E-state index contributed by atoms with van der Waals surface area (Å²) >= 11 is 0. The third-order valence-corrected chi connectivity index (χ3v) is 3.86. The molecule has 0 aliphatic rings. The molecule has 1 heterocycles. The van der Waals surface area contributed by atoms with Crippen molar-refractivity contribution in [1.29, 1.82) is 0 Å². The summed E-state index contributed by atoms with van der Waals surface area (Å²) in [5.74, 6) is 0.0617. The number of nitrogens with zero attached hydrogens (tertiary/aromatic N) is 1. The van der Waals surface area contributed by atoms with Crippen LogP contribution < -0.4 is 0 Å². The molecule has 0 fully saturated rings. The first-order valence-electron chi connectivity index (χ1n) is 7.51. The molecule has 4 heteroatoms. The summed E-state index contributed by atoms with van der Waals surface area (Å²) in [6, 6.07) is 16.2. The quantitative estimate of drug-likeness (QED) is 0.393. The van der Waals surface area contributed by atoms with Crippen LogP contribution in [-0.4, -0.2) is 17.5 Å². The van der Waals surface area contributed by atoms with E-state index in [0.29, 0.717) is 6.61 Å². The number of fused-ring (bicyclic) bond motifs is 1. The second-order valence-corrected chi connectivity index (χ2v) is 5.49. The number of carbonyl (C=O) groups excluding carboxylic acids is 1. The Balaban J connectivity index is 2.03. The topological polar surface area (TPSA) is 40.5 Å². The molecule has 4 nitrogen and oxygen atoms in total. The van der Waals surface area contributed by atoms with E-state index < -0.39 is 0 Å². The molecule has 0 atom stereocenters. The standard InChI is InChI=1S/C19H19NO3/c1-14(21)18-12-20(11-15-6-4-3-5-7-15)19-9-8-16(10-17(18)19)13-23-22-2/h3-10,12H,11,13H2,1-2H3. The largest absolute Gasteiger partial charge is 0.342 e. The van der Waals surface area contributed by atoms with Crippen molar-refractivity contribution in [3.8, 4) is 0 Å². The van der Waals surface area contributed by atoms with Gasteiger partial charge in [-0.05, 0) is 30.2 Å². The molecule has 0 unspecified atom stereocenters. The predicted octanol–water partition coefficient (Wildman–Crippen LogP) is 3.97. The van der Waals surface area contributed by atoms with E-state index in [1.165, 1.54) is 12.7 Å². The Bertz CT molecular complexity index is 821. The highest BCUT2D eigenvalue weighted by Gasteiger charge is 2.13. The summed E-state index contributed by atoms with van der Waals surface area (Å²) in [7, 11) is 1.48. The number of aromatic nitrogens is 1. The van der Waals surface area contributed by atoms with Gasteiger partial charge in [0, 0.05) is 29.2 Å². The van der Waals surface area contributed by atoms with Crippen LogP contribution in [0, 0.1) is 0 Å². The fraction of sp³-hybridized carbons (Fsp3) is 0.211. The lowest BCUT2D eigenvalue weighted by Crippen LogP contribution is -1.98. The maximum atomic E-state index is 12.0. The van der Waals surface area contributed by atoms with Crippen LogP contribution in [-0.2, 0) is 22.9 Å². The van der Waals surface area contributed by atoms with Gasteiger partial charge in [0.15, 0.2) is 5.78 Å². The van der Waals surface area contributed by atoms with E-state index in [2.05, 4.69) is 21.6 Å². The van der Waals surface area contributed by atoms with E-state index in [4.69, 9.17) is 4.89 Å².